The van der Waals surface area contributed by atoms with Crippen molar-refractivity contribution < 1.29 is 0 Å². The van der Waals surface area contributed by atoms with Gasteiger partial charge in [0.25, 0.3) is 0 Å². The van der Waals surface area contributed by atoms with Crippen molar-refractivity contribution in [3.05, 3.63) is 35.9 Å². The molecule has 2 unspecified atom stereocenters. The number of benzene rings is 1. The Bertz CT molecular complexity index is 350. The SMILES string of the molecule is CCCCN(CC)CC(C)C(NCCC)c1ccccc1. The monoisotopic (exact) mass is 290 g/mol. The number of rotatable bonds is 11. The van der Waals surface area contributed by atoms with Gasteiger partial charge in [-0.25, -0.2) is 0 Å². The highest BCUT2D eigenvalue weighted by Gasteiger charge is 2.20. The van der Waals surface area contributed by atoms with Crippen LogP contribution in [-0.4, -0.2) is 31.1 Å². The summed E-state index contributed by atoms with van der Waals surface area (Å²) >= 11 is 0. The van der Waals surface area contributed by atoms with E-state index in [1.54, 1.807) is 0 Å². The fourth-order valence-electron chi connectivity index (χ4n) is 2.88. The molecule has 0 amide bonds. The maximum Gasteiger partial charge on any atom is 0.0358 e. The molecule has 0 aliphatic carbocycles. The molecule has 1 N–H and O–H groups in total. The molecule has 0 aromatic heterocycles. The molecule has 0 spiro atoms. The van der Waals surface area contributed by atoms with E-state index >= 15 is 0 Å². The van der Waals surface area contributed by atoms with Gasteiger partial charge >= 0.3 is 0 Å². The Labute approximate surface area is 131 Å². The van der Waals surface area contributed by atoms with Gasteiger partial charge in [-0.3, -0.25) is 0 Å². The first kappa shape index (κ1) is 18.2. The maximum atomic E-state index is 3.74. The van der Waals surface area contributed by atoms with E-state index in [2.05, 4.69) is 68.2 Å². The zero-order chi connectivity index (χ0) is 15.5. The van der Waals surface area contributed by atoms with E-state index in [4.69, 9.17) is 0 Å². The second-order valence-corrected chi connectivity index (χ2v) is 6.07. The van der Waals surface area contributed by atoms with Crippen LogP contribution in [0.15, 0.2) is 30.3 Å². The lowest BCUT2D eigenvalue weighted by atomic mass is 9.93. The third kappa shape index (κ3) is 6.62. The van der Waals surface area contributed by atoms with Gasteiger partial charge < -0.3 is 10.2 Å². The van der Waals surface area contributed by atoms with E-state index in [1.165, 1.54) is 37.9 Å². The molecule has 0 saturated carbocycles. The molecule has 2 atom stereocenters. The van der Waals surface area contributed by atoms with E-state index in [1.807, 2.05) is 0 Å². The van der Waals surface area contributed by atoms with E-state index in [-0.39, 0.29) is 0 Å². The molecule has 1 aromatic carbocycles. The van der Waals surface area contributed by atoms with Gasteiger partial charge in [0.2, 0.25) is 0 Å². The third-order valence-electron chi connectivity index (χ3n) is 4.16. The summed E-state index contributed by atoms with van der Waals surface area (Å²) in [5.41, 5.74) is 1.42. The minimum absolute atomic E-state index is 0.460. The van der Waals surface area contributed by atoms with E-state index < -0.39 is 0 Å². The Hall–Kier alpha value is -0.860. The topological polar surface area (TPSA) is 15.3 Å². The van der Waals surface area contributed by atoms with Gasteiger partial charge in [0.1, 0.15) is 0 Å². The average molecular weight is 290 g/mol. The van der Waals surface area contributed by atoms with Crippen LogP contribution < -0.4 is 5.32 Å². The maximum absolute atomic E-state index is 3.74. The summed E-state index contributed by atoms with van der Waals surface area (Å²) in [7, 11) is 0. The Balaban J connectivity index is 2.68. The summed E-state index contributed by atoms with van der Waals surface area (Å²) in [5, 5.41) is 3.74. The van der Waals surface area contributed by atoms with Crippen LogP contribution in [0.25, 0.3) is 0 Å². The van der Waals surface area contributed by atoms with E-state index in [0.717, 1.165) is 13.1 Å². The van der Waals surface area contributed by atoms with Crippen molar-refractivity contribution in [2.75, 3.05) is 26.2 Å². The highest BCUT2D eigenvalue weighted by molar-refractivity contribution is 5.19. The molecule has 21 heavy (non-hydrogen) atoms. The number of unbranched alkanes of at least 4 members (excludes halogenated alkanes) is 1. The highest BCUT2D eigenvalue weighted by Crippen LogP contribution is 2.23. The van der Waals surface area contributed by atoms with Crippen LogP contribution in [0.2, 0.25) is 0 Å². The average Bonchev–Trinajstić information content (AvgIpc) is 2.52. The summed E-state index contributed by atoms with van der Waals surface area (Å²) < 4.78 is 0. The van der Waals surface area contributed by atoms with E-state index in [0.29, 0.717) is 12.0 Å². The lowest BCUT2D eigenvalue weighted by Crippen LogP contribution is -2.36. The molecule has 0 saturated heterocycles. The molecule has 120 valence electrons. The standard InChI is InChI=1S/C19H34N2/c1-5-8-15-21(7-3)16-17(4)19(20-14-6-2)18-12-10-9-11-13-18/h9-13,17,19-20H,5-8,14-16H2,1-4H3. The predicted molar refractivity (Wildman–Crippen MR) is 93.7 cm³/mol. The summed E-state index contributed by atoms with van der Waals surface area (Å²) in [4.78, 5) is 2.59. The first-order valence-electron chi connectivity index (χ1n) is 8.73. The van der Waals surface area contributed by atoms with Crippen LogP contribution in [0.3, 0.4) is 0 Å². The van der Waals surface area contributed by atoms with Crippen molar-refractivity contribution >= 4 is 0 Å². The van der Waals surface area contributed by atoms with Gasteiger partial charge in [-0.05, 0) is 44.0 Å². The van der Waals surface area contributed by atoms with Crippen LogP contribution in [0.5, 0.6) is 0 Å². The first-order valence-corrected chi connectivity index (χ1v) is 8.73. The second kappa shape index (κ2) is 10.8. The van der Waals surface area contributed by atoms with Gasteiger partial charge in [0, 0.05) is 12.6 Å². The van der Waals surface area contributed by atoms with Gasteiger partial charge in [-0.1, -0.05) is 64.4 Å². The van der Waals surface area contributed by atoms with E-state index in [9.17, 15) is 0 Å². The van der Waals surface area contributed by atoms with Crippen molar-refractivity contribution in [3.8, 4) is 0 Å². The molecule has 0 aliphatic heterocycles. The van der Waals surface area contributed by atoms with Gasteiger partial charge in [0.05, 0.1) is 0 Å². The molecule has 0 fully saturated rings. The molecular formula is C19H34N2. The number of hydrogen-bond acceptors (Lipinski definition) is 2. The van der Waals surface area contributed by atoms with Gasteiger partial charge in [-0.15, -0.1) is 0 Å². The smallest absolute Gasteiger partial charge is 0.0358 e. The molecule has 1 rings (SSSR count). The summed E-state index contributed by atoms with van der Waals surface area (Å²) in [6.07, 6.45) is 3.77. The lowest BCUT2D eigenvalue weighted by molar-refractivity contribution is 0.216. The second-order valence-electron chi connectivity index (χ2n) is 6.07. The van der Waals surface area contributed by atoms with Crippen molar-refractivity contribution in [1.82, 2.24) is 10.2 Å². The molecule has 0 heterocycles. The zero-order valence-electron chi connectivity index (χ0n) is 14.4. The molecule has 0 radical (unpaired) electrons. The molecule has 0 aliphatic rings. The first-order chi connectivity index (χ1) is 10.2. The van der Waals surface area contributed by atoms with Crippen LogP contribution >= 0.6 is 0 Å². The lowest BCUT2D eigenvalue weighted by Gasteiger charge is -2.31. The Morgan fingerprint density at radius 3 is 2.33 bits per heavy atom. The molecular weight excluding hydrogens is 256 g/mol. The Kier molecular flexibility index (Phi) is 9.36. The molecule has 2 nitrogen and oxygen atoms in total. The quantitative estimate of drug-likeness (QED) is 0.646. The van der Waals surface area contributed by atoms with Crippen molar-refractivity contribution in [2.24, 2.45) is 5.92 Å². The largest absolute Gasteiger partial charge is 0.310 e. The summed E-state index contributed by atoms with van der Waals surface area (Å²) in [5.74, 6) is 0.621. The zero-order valence-corrected chi connectivity index (χ0v) is 14.4. The van der Waals surface area contributed by atoms with Crippen molar-refractivity contribution in [3.63, 3.8) is 0 Å². The fourth-order valence-corrected chi connectivity index (χ4v) is 2.88. The number of nitrogens with zero attached hydrogens (tertiary/aromatic N) is 1. The Morgan fingerprint density at radius 2 is 1.76 bits per heavy atom. The Morgan fingerprint density at radius 1 is 1.05 bits per heavy atom. The minimum atomic E-state index is 0.460. The molecule has 0 bridgehead atoms. The highest BCUT2D eigenvalue weighted by atomic mass is 15.1. The summed E-state index contributed by atoms with van der Waals surface area (Å²) in [6.45, 7) is 13.8. The van der Waals surface area contributed by atoms with Crippen LogP contribution in [0.1, 0.15) is 58.6 Å². The molecule has 2 heteroatoms. The fraction of sp³-hybridized carbons (Fsp3) is 0.684. The van der Waals surface area contributed by atoms with Crippen LogP contribution in [0, 0.1) is 5.92 Å². The summed E-state index contributed by atoms with van der Waals surface area (Å²) in [6, 6.07) is 11.4. The molecule has 1 aromatic rings. The van der Waals surface area contributed by atoms with Gasteiger partial charge in [-0.2, -0.15) is 0 Å². The number of nitrogens with one attached hydrogen (secondary N) is 1. The van der Waals surface area contributed by atoms with Crippen LogP contribution in [0.4, 0.5) is 0 Å². The third-order valence-corrected chi connectivity index (χ3v) is 4.16. The van der Waals surface area contributed by atoms with Crippen LogP contribution in [-0.2, 0) is 0 Å². The number of hydrogen-bond donors (Lipinski definition) is 1. The normalized spacial score (nSPS) is 14.3. The predicted octanol–water partition coefficient (Wildman–Crippen LogP) is 4.49. The van der Waals surface area contributed by atoms with Gasteiger partial charge in [0.15, 0.2) is 0 Å². The van der Waals surface area contributed by atoms with Crippen molar-refractivity contribution in [2.45, 2.75) is 53.0 Å². The minimum Gasteiger partial charge on any atom is -0.310 e. The van der Waals surface area contributed by atoms with Crippen molar-refractivity contribution in [1.29, 1.82) is 0 Å².